The summed E-state index contributed by atoms with van der Waals surface area (Å²) in [6.45, 7) is 0.366. The van der Waals surface area contributed by atoms with E-state index < -0.39 is 7.92 Å². The first-order valence-electron chi connectivity index (χ1n) is 11.9. The molecule has 0 radical (unpaired) electrons. The maximum absolute atomic E-state index is 6.20. The Kier molecular flexibility index (Phi) is 7.78. The van der Waals surface area contributed by atoms with E-state index in [0.29, 0.717) is 0 Å². The molecule has 0 aromatic heterocycles. The molecule has 5 rings (SSSR count). The second-order valence-electron chi connectivity index (χ2n) is 8.44. The zero-order chi connectivity index (χ0) is 24.7. The number of hydrogen-bond acceptors (Lipinski definition) is 4. The van der Waals surface area contributed by atoms with Gasteiger partial charge in [-0.15, -0.1) is 0 Å². The van der Waals surface area contributed by atoms with Gasteiger partial charge in [-0.1, -0.05) is 91.0 Å². The summed E-state index contributed by atoms with van der Waals surface area (Å²) in [4.78, 5) is 0. The molecule has 0 atom stereocenters. The lowest BCUT2D eigenvalue weighted by Gasteiger charge is -2.27. The summed E-state index contributed by atoms with van der Waals surface area (Å²) in [5.74, 6) is 1.67. The Labute approximate surface area is 213 Å². The molecule has 5 aromatic rings. The third-order valence-electron chi connectivity index (χ3n) is 6.12. The second-order valence-corrected chi connectivity index (χ2v) is 10.5. The van der Waals surface area contributed by atoms with Crippen molar-refractivity contribution in [3.05, 3.63) is 109 Å². The van der Waals surface area contributed by atoms with E-state index in [1.165, 1.54) is 37.7 Å². The van der Waals surface area contributed by atoms with Gasteiger partial charge in [0.15, 0.2) is 13.6 Å². The van der Waals surface area contributed by atoms with Crippen LogP contribution in [0, 0.1) is 0 Å². The minimum absolute atomic E-state index is 0.183. The molecule has 5 heteroatoms. The fraction of sp³-hybridized carbons (Fsp3) is 0.161. The molecule has 0 fully saturated rings. The zero-order valence-electron chi connectivity index (χ0n) is 20.5. The first kappa shape index (κ1) is 24.3. The molecular formula is C31H29O4P. The summed E-state index contributed by atoms with van der Waals surface area (Å²) < 4.78 is 23.0. The number of methoxy groups -OCH3 is 2. The molecule has 0 saturated carbocycles. The normalized spacial score (nSPS) is 11.3. The summed E-state index contributed by atoms with van der Waals surface area (Å²) in [7, 11) is 2.33. The van der Waals surface area contributed by atoms with Gasteiger partial charge in [-0.25, -0.2) is 0 Å². The van der Waals surface area contributed by atoms with Crippen LogP contribution in [0.25, 0.3) is 21.5 Å². The van der Waals surface area contributed by atoms with Crippen molar-refractivity contribution in [3.8, 4) is 11.5 Å². The summed E-state index contributed by atoms with van der Waals surface area (Å²) in [6.07, 6.45) is 0.838. The molecule has 0 amide bonds. The molecule has 0 bridgehead atoms. The molecular weight excluding hydrogens is 467 g/mol. The fourth-order valence-electron chi connectivity index (χ4n) is 4.54. The van der Waals surface area contributed by atoms with Gasteiger partial charge in [-0.2, -0.15) is 0 Å². The van der Waals surface area contributed by atoms with E-state index in [2.05, 4.69) is 103 Å². The Balaban J connectivity index is 1.82. The lowest BCUT2D eigenvalue weighted by molar-refractivity contribution is 0.0519. The number of fused-ring (bicyclic) bond motifs is 2. The fourth-order valence-corrected chi connectivity index (χ4v) is 7.46. The van der Waals surface area contributed by atoms with Gasteiger partial charge < -0.3 is 18.9 Å². The van der Waals surface area contributed by atoms with Gasteiger partial charge in [0.05, 0.1) is 0 Å². The van der Waals surface area contributed by atoms with Gasteiger partial charge in [-0.05, 0) is 47.2 Å². The van der Waals surface area contributed by atoms with Gasteiger partial charge >= 0.3 is 0 Å². The topological polar surface area (TPSA) is 36.9 Å². The molecule has 182 valence electrons. The zero-order valence-corrected chi connectivity index (χ0v) is 21.4. The van der Waals surface area contributed by atoms with Crippen molar-refractivity contribution < 1.29 is 18.9 Å². The van der Waals surface area contributed by atoms with Gasteiger partial charge in [0.1, 0.15) is 11.5 Å². The van der Waals surface area contributed by atoms with Crippen LogP contribution < -0.4 is 20.1 Å². The van der Waals surface area contributed by atoms with Crippen molar-refractivity contribution in [2.45, 2.75) is 6.16 Å². The third-order valence-corrected chi connectivity index (χ3v) is 8.80. The standard InChI is InChI=1S/C31H29O4P/c1-32-21-34-28-18-16-24-12-6-8-14-26(24)30(28)36(20-23-10-4-3-5-11-23)31-27-15-9-7-13-25(27)17-19-29(31)35-22-33-2/h3-19H,20-22H2,1-2H3. The molecule has 0 aliphatic rings. The monoisotopic (exact) mass is 496 g/mol. The highest BCUT2D eigenvalue weighted by atomic mass is 31.1. The lowest BCUT2D eigenvalue weighted by Crippen LogP contribution is -2.21. The first-order chi connectivity index (χ1) is 17.8. The highest BCUT2D eigenvalue weighted by molar-refractivity contribution is 7.73. The van der Waals surface area contributed by atoms with E-state index in [9.17, 15) is 0 Å². The maximum atomic E-state index is 6.20. The second kappa shape index (κ2) is 11.5. The first-order valence-corrected chi connectivity index (χ1v) is 13.4. The van der Waals surface area contributed by atoms with E-state index in [1.807, 2.05) is 0 Å². The third kappa shape index (κ3) is 5.08. The molecule has 0 N–H and O–H groups in total. The minimum atomic E-state index is -0.963. The Morgan fingerprint density at radius 2 is 1.00 bits per heavy atom. The van der Waals surface area contributed by atoms with Gasteiger partial charge in [0.2, 0.25) is 0 Å². The summed E-state index contributed by atoms with van der Waals surface area (Å²) in [5.41, 5.74) is 1.26. The van der Waals surface area contributed by atoms with E-state index in [4.69, 9.17) is 18.9 Å². The minimum Gasteiger partial charge on any atom is -0.467 e. The lowest BCUT2D eigenvalue weighted by atomic mass is 10.1. The van der Waals surface area contributed by atoms with E-state index in [-0.39, 0.29) is 13.6 Å². The van der Waals surface area contributed by atoms with Crippen LogP contribution in [0.1, 0.15) is 5.56 Å². The smallest absolute Gasteiger partial charge is 0.188 e. The molecule has 4 nitrogen and oxygen atoms in total. The molecule has 36 heavy (non-hydrogen) atoms. The average molecular weight is 497 g/mol. The van der Waals surface area contributed by atoms with Gasteiger partial charge in [-0.3, -0.25) is 0 Å². The Bertz CT molecular complexity index is 1360. The predicted molar refractivity (Wildman–Crippen MR) is 149 cm³/mol. The number of rotatable bonds is 10. The van der Waals surface area contributed by atoms with Crippen LogP contribution in [-0.4, -0.2) is 27.8 Å². The van der Waals surface area contributed by atoms with Crippen molar-refractivity contribution >= 4 is 40.1 Å². The molecule has 0 spiro atoms. The van der Waals surface area contributed by atoms with Crippen molar-refractivity contribution in [2.75, 3.05) is 27.8 Å². The molecule has 0 saturated heterocycles. The largest absolute Gasteiger partial charge is 0.467 e. The van der Waals surface area contributed by atoms with E-state index in [0.717, 1.165) is 17.7 Å². The van der Waals surface area contributed by atoms with Crippen LogP contribution >= 0.6 is 7.92 Å². The Morgan fingerprint density at radius 1 is 0.528 bits per heavy atom. The molecule has 0 aliphatic carbocycles. The van der Waals surface area contributed by atoms with Crippen molar-refractivity contribution in [1.29, 1.82) is 0 Å². The summed E-state index contributed by atoms with van der Waals surface area (Å²) in [5, 5.41) is 7.08. The molecule has 0 heterocycles. The van der Waals surface area contributed by atoms with Gasteiger partial charge in [0, 0.05) is 31.0 Å². The van der Waals surface area contributed by atoms with Crippen molar-refractivity contribution in [3.63, 3.8) is 0 Å². The van der Waals surface area contributed by atoms with Crippen LogP contribution in [-0.2, 0) is 15.6 Å². The molecule has 5 aromatic carbocycles. The summed E-state index contributed by atoms with van der Waals surface area (Å²) >= 11 is 0. The van der Waals surface area contributed by atoms with Crippen LogP contribution in [0.5, 0.6) is 11.5 Å². The Hall–Kier alpha value is -3.43. The van der Waals surface area contributed by atoms with Crippen LogP contribution in [0.2, 0.25) is 0 Å². The van der Waals surface area contributed by atoms with Crippen LogP contribution in [0.15, 0.2) is 103 Å². The van der Waals surface area contributed by atoms with Crippen molar-refractivity contribution in [1.82, 2.24) is 0 Å². The molecule has 0 unspecified atom stereocenters. The van der Waals surface area contributed by atoms with Crippen LogP contribution in [0.3, 0.4) is 0 Å². The highest BCUT2D eigenvalue weighted by Crippen LogP contribution is 2.47. The average Bonchev–Trinajstić information content (AvgIpc) is 2.94. The maximum Gasteiger partial charge on any atom is 0.188 e. The number of hydrogen-bond donors (Lipinski definition) is 0. The SMILES string of the molecule is COCOc1ccc2ccccc2c1P(Cc1ccccc1)c1c(OCOC)ccc2ccccc12. The highest BCUT2D eigenvalue weighted by Gasteiger charge is 2.27. The molecule has 0 aliphatic heterocycles. The van der Waals surface area contributed by atoms with E-state index in [1.54, 1.807) is 14.2 Å². The summed E-state index contributed by atoms with van der Waals surface area (Å²) in [6, 6.07) is 36.0. The quantitative estimate of drug-likeness (QED) is 0.161. The van der Waals surface area contributed by atoms with Gasteiger partial charge in [0.25, 0.3) is 0 Å². The Morgan fingerprint density at radius 3 is 1.50 bits per heavy atom. The van der Waals surface area contributed by atoms with Crippen LogP contribution in [0.4, 0.5) is 0 Å². The predicted octanol–water partition coefficient (Wildman–Crippen LogP) is 6.59. The van der Waals surface area contributed by atoms with Crippen molar-refractivity contribution in [2.24, 2.45) is 0 Å². The van der Waals surface area contributed by atoms with E-state index >= 15 is 0 Å². The number of benzene rings is 5. The number of ether oxygens (including phenoxy) is 4.